The van der Waals surface area contributed by atoms with Crippen molar-refractivity contribution < 1.29 is 14.4 Å². The zero-order valence-electron chi connectivity index (χ0n) is 25.0. The van der Waals surface area contributed by atoms with Crippen molar-refractivity contribution in [3.63, 3.8) is 0 Å². The molecule has 1 saturated heterocycles. The predicted molar refractivity (Wildman–Crippen MR) is 168 cm³/mol. The highest BCUT2D eigenvalue weighted by Crippen LogP contribution is 2.28. The second kappa shape index (κ2) is 14.4. The molecule has 0 bridgehead atoms. The third-order valence-corrected chi connectivity index (χ3v) is 8.71. The third-order valence-electron chi connectivity index (χ3n) is 8.71. The van der Waals surface area contributed by atoms with Gasteiger partial charge < -0.3 is 21.3 Å². The molecule has 0 spiro atoms. The van der Waals surface area contributed by atoms with E-state index in [0.717, 1.165) is 43.6 Å². The summed E-state index contributed by atoms with van der Waals surface area (Å²) in [6, 6.07) is 25.3. The Morgan fingerprint density at radius 3 is 2.05 bits per heavy atom. The van der Waals surface area contributed by atoms with Crippen molar-refractivity contribution in [3.8, 4) is 0 Å². The van der Waals surface area contributed by atoms with Crippen LogP contribution in [0.1, 0.15) is 41.2 Å². The monoisotopic (exact) mass is 581 g/mol. The second-order valence-corrected chi connectivity index (χ2v) is 11.8. The summed E-state index contributed by atoms with van der Waals surface area (Å²) >= 11 is 0. The fraction of sp³-hybridized carbons (Fsp3) is 0.400. The Balaban J connectivity index is 1.12. The quantitative estimate of drug-likeness (QED) is 0.323. The summed E-state index contributed by atoms with van der Waals surface area (Å²) < 4.78 is 0. The Bertz CT molecular complexity index is 1360. The average molecular weight is 582 g/mol. The number of fused-ring (bicyclic) bond motifs is 1. The van der Waals surface area contributed by atoms with E-state index in [-0.39, 0.29) is 23.6 Å². The second-order valence-electron chi connectivity index (χ2n) is 11.8. The number of nitrogens with zero attached hydrogens (tertiary/aromatic N) is 2. The highest BCUT2D eigenvalue weighted by molar-refractivity contribution is 5.88. The van der Waals surface area contributed by atoms with E-state index in [0.29, 0.717) is 32.5 Å². The van der Waals surface area contributed by atoms with E-state index < -0.39 is 12.1 Å². The van der Waals surface area contributed by atoms with Crippen LogP contribution in [0.2, 0.25) is 0 Å². The maximum absolute atomic E-state index is 13.5. The summed E-state index contributed by atoms with van der Waals surface area (Å²) in [5, 5.41) is 5.94. The van der Waals surface area contributed by atoms with Crippen LogP contribution in [0.4, 0.5) is 0 Å². The van der Waals surface area contributed by atoms with Crippen LogP contribution in [0.3, 0.4) is 0 Å². The Morgan fingerprint density at radius 2 is 1.42 bits per heavy atom. The number of nitrogens with one attached hydrogen (secondary N) is 2. The molecule has 4 N–H and O–H groups in total. The number of rotatable bonds is 11. The molecule has 3 aromatic rings. The number of amides is 3. The molecule has 1 fully saturated rings. The van der Waals surface area contributed by atoms with Gasteiger partial charge in [-0.05, 0) is 46.6 Å². The fourth-order valence-corrected chi connectivity index (χ4v) is 6.08. The molecule has 1 aliphatic heterocycles. The van der Waals surface area contributed by atoms with Gasteiger partial charge in [0.25, 0.3) is 0 Å². The maximum Gasteiger partial charge on any atom is 0.245 e. The number of piperazine rings is 1. The van der Waals surface area contributed by atoms with Gasteiger partial charge in [-0.3, -0.25) is 19.3 Å². The first-order valence-electron chi connectivity index (χ1n) is 15.4. The standard InChI is InChI=1S/C35H43N5O3/c1-2-32(41)38-31(35(43)40-18-16-39(17-19-40)24-27-8-4-3-5-9-27)20-25-12-14-26(15-13-25)23-37-34(42)33(36)30-21-28-10-6-7-11-29(28)22-30/h3-15,30-31,33H,2,16-24,36H2,1H3,(H,37,42)(H,38,41)/t31-,33+/m1/s1. The zero-order chi connectivity index (χ0) is 30.2. The highest BCUT2D eigenvalue weighted by atomic mass is 16.2. The largest absolute Gasteiger partial charge is 0.351 e. The topological polar surface area (TPSA) is 108 Å². The van der Waals surface area contributed by atoms with Crippen molar-refractivity contribution in [2.24, 2.45) is 11.7 Å². The van der Waals surface area contributed by atoms with Crippen molar-refractivity contribution in [3.05, 3.63) is 107 Å². The van der Waals surface area contributed by atoms with Gasteiger partial charge in [0.15, 0.2) is 0 Å². The van der Waals surface area contributed by atoms with Crippen LogP contribution in [0.25, 0.3) is 0 Å². The lowest BCUT2D eigenvalue weighted by Crippen LogP contribution is -2.55. The molecule has 1 heterocycles. The molecule has 0 unspecified atom stereocenters. The van der Waals surface area contributed by atoms with Crippen LogP contribution in [0.15, 0.2) is 78.9 Å². The first-order valence-corrected chi connectivity index (χ1v) is 15.4. The van der Waals surface area contributed by atoms with Crippen molar-refractivity contribution in [1.82, 2.24) is 20.4 Å². The third kappa shape index (κ3) is 8.09. The molecular formula is C35H43N5O3. The fourth-order valence-electron chi connectivity index (χ4n) is 6.08. The number of hydrogen-bond donors (Lipinski definition) is 3. The number of carbonyl (C=O) groups is 3. The van der Waals surface area contributed by atoms with Crippen molar-refractivity contribution in [1.29, 1.82) is 0 Å². The maximum atomic E-state index is 13.5. The lowest BCUT2D eigenvalue weighted by molar-refractivity contribution is -0.138. The molecule has 0 aromatic heterocycles. The summed E-state index contributed by atoms with van der Waals surface area (Å²) in [6.45, 7) is 5.91. The normalized spacial score (nSPS) is 16.7. The summed E-state index contributed by atoms with van der Waals surface area (Å²) in [5.41, 5.74) is 12.1. The summed E-state index contributed by atoms with van der Waals surface area (Å²) in [6.07, 6.45) is 2.39. The Kier molecular flexibility index (Phi) is 10.2. The molecule has 2 aliphatic rings. The molecule has 8 heteroatoms. The number of nitrogens with two attached hydrogens (primary N) is 1. The molecule has 0 radical (unpaired) electrons. The molecule has 1 aliphatic carbocycles. The molecule has 226 valence electrons. The van der Waals surface area contributed by atoms with Gasteiger partial charge in [0.1, 0.15) is 6.04 Å². The van der Waals surface area contributed by atoms with Crippen molar-refractivity contribution >= 4 is 17.7 Å². The van der Waals surface area contributed by atoms with E-state index >= 15 is 0 Å². The average Bonchev–Trinajstić information content (AvgIpc) is 3.48. The van der Waals surface area contributed by atoms with Crippen LogP contribution in [0.5, 0.6) is 0 Å². The van der Waals surface area contributed by atoms with Crippen LogP contribution in [-0.4, -0.2) is 65.8 Å². The smallest absolute Gasteiger partial charge is 0.245 e. The Labute approximate surface area is 254 Å². The zero-order valence-corrected chi connectivity index (χ0v) is 25.0. The SMILES string of the molecule is CCC(=O)N[C@H](Cc1ccc(CNC(=O)[C@@H](N)C2Cc3ccccc3C2)cc1)C(=O)N1CCN(Cc2ccccc2)CC1. The number of carbonyl (C=O) groups excluding carboxylic acids is 3. The van der Waals surface area contributed by atoms with Gasteiger partial charge in [0, 0.05) is 52.1 Å². The molecule has 0 saturated carbocycles. The first-order chi connectivity index (χ1) is 20.9. The van der Waals surface area contributed by atoms with E-state index in [2.05, 4.69) is 39.8 Å². The minimum absolute atomic E-state index is 0.0412. The van der Waals surface area contributed by atoms with E-state index in [1.54, 1.807) is 6.92 Å². The van der Waals surface area contributed by atoms with Gasteiger partial charge in [0.05, 0.1) is 6.04 Å². The lowest BCUT2D eigenvalue weighted by atomic mass is 9.96. The van der Waals surface area contributed by atoms with Crippen LogP contribution in [0, 0.1) is 5.92 Å². The van der Waals surface area contributed by atoms with Crippen molar-refractivity contribution in [2.45, 2.75) is 57.8 Å². The number of hydrogen-bond acceptors (Lipinski definition) is 5. The van der Waals surface area contributed by atoms with Crippen LogP contribution in [-0.2, 0) is 46.7 Å². The van der Waals surface area contributed by atoms with Crippen molar-refractivity contribution in [2.75, 3.05) is 26.2 Å². The molecule has 8 nitrogen and oxygen atoms in total. The Morgan fingerprint density at radius 1 is 0.814 bits per heavy atom. The van der Waals surface area contributed by atoms with E-state index in [1.807, 2.05) is 59.5 Å². The van der Waals surface area contributed by atoms with Crippen LogP contribution >= 0.6 is 0 Å². The summed E-state index contributed by atoms with van der Waals surface area (Å²) in [5.74, 6) is -0.208. The predicted octanol–water partition coefficient (Wildman–Crippen LogP) is 2.83. The van der Waals surface area contributed by atoms with E-state index in [9.17, 15) is 14.4 Å². The van der Waals surface area contributed by atoms with Gasteiger partial charge in [0.2, 0.25) is 17.7 Å². The van der Waals surface area contributed by atoms with Gasteiger partial charge in [-0.25, -0.2) is 0 Å². The highest BCUT2D eigenvalue weighted by Gasteiger charge is 2.31. The Hall–Kier alpha value is -4.01. The molecule has 5 rings (SSSR count). The van der Waals surface area contributed by atoms with Gasteiger partial charge in [-0.2, -0.15) is 0 Å². The molecule has 2 atom stereocenters. The van der Waals surface area contributed by atoms with Crippen LogP contribution < -0.4 is 16.4 Å². The molecular weight excluding hydrogens is 538 g/mol. The summed E-state index contributed by atoms with van der Waals surface area (Å²) in [4.78, 5) is 42.9. The lowest BCUT2D eigenvalue weighted by Gasteiger charge is -2.36. The molecule has 43 heavy (non-hydrogen) atoms. The number of benzene rings is 3. The van der Waals surface area contributed by atoms with Gasteiger partial charge >= 0.3 is 0 Å². The van der Waals surface area contributed by atoms with Gasteiger partial charge in [-0.1, -0.05) is 85.8 Å². The van der Waals surface area contributed by atoms with E-state index in [1.165, 1.54) is 16.7 Å². The molecule has 3 aromatic carbocycles. The first kappa shape index (κ1) is 30.4. The van der Waals surface area contributed by atoms with Gasteiger partial charge in [-0.15, -0.1) is 0 Å². The summed E-state index contributed by atoms with van der Waals surface area (Å²) in [7, 11) is 0. The minimum atomic E-state index is -0.618. The minimum Gasteiger partial charge on any atom is -0.351 e. The van der Waals surface area contributed by atoms with E-state index in [4.69, 9.17) is 5.73 Å². The molecule has 3 amide bonds.